The molecule has 3 N–H and O–H groups in total. The third kappa shape index (κ3) is 2.06. The number of nitrogens with zero attached hydrogens (tertiary/aromatic N) is 1. The fourth-order valence-corrected chi connectivity index (χ4v) is 3.36. The van der Waals surface area contributed by atoms with Gasteiger partial charge in [-0.25, -0.2) is 4.79 Å². The van der Waals surface area contributed by atoms with Crippen LogP contribution in [0.5, 0.6) is 5.75 Å². The lowest BCUT2D eigenvalue weighted by Gasteiger charge is -2.35. The van der Waals surface area contributed by atoms with Crippen molar-refractivity contribution >= 4 is 5.97 Å². The van der Waals surface area contributed by atoms with Crippen molar-refractivity contribution in [2.24, 2.45) is 0 Å². The molecular weight excluding hydrogens is 282 g/mol. The zero-order valence-electron chi connectivity index (χ0n) is 11.9. The van der Waals surface area contributed by atoms with Crippen molar-refractivity contribution in [1.82, 2.24) is 5.06 Å². The van der Waals surface area contributed by atoms with E-state index in [-0.39, 0.29) is 18.2 Å². The summed E-state index contributed by atoms with van der Waals surface area (Å²) >= 11 is 0. The van der Waals surface area contributed by atoms with Gasteiger partial charge in [-0.05, 0) is 29.7 Å². The van der Waals surface area contributed by atoms with Crippen LogP contribution in [0, 0.1) is 0 Å². The van der Waals surface area contributed by atoms with Gasteiger partial charge in [0.1, 0.15) is 5.75 Å². The molecule has 5 heteroatoms. The average molecular weight is 299 g/mol. The zero-order valence-corrected chi connectivity index (χ0v) is 11.9. The molecule has 0 amide bonds. The first-order valence-electron chi connectivity index (χ1n) is 7.11. The van der Waals surface area contributed by atoms with Crippen LogP contribution in [0.15, 0.2) is 54.6 Å². The van der Waals surface area contributed by atoms with Gasteiger partial charge in [0.25, 0.3) is 0 Å². The van der Waals surface area contributed by atoms with Crippen LogP contribution in [0.3, 0.4) is 0 Å². The maximum atomic E-state index is 12.1. The first kappa shape index (κ1) is 14.6. The average Bonchev–Trinajstić information content (AvgIpc) is 2.87. The Morgan fingerprint density at radius 1 is 1.09 bits per heavy atom. The van der Waals surface area contributed by atoms with Crippen molar-refractivity contribution in [1.29, 1.82) is 0 Å². The van der Waals surface area contributed by atoms with Crippen molar-refractivity contribution in [2.45, 2.75) is 17.9 Å². The summed E-state index contributed by atoms with van der Waals surface area (Å²) in [6.45, 7) is 0.271. The molecule has 5 nitrogen and oxygen atoms in total. The number of hydrogen-bond donors (Lipinski definition) is 3. The van der Waals surface area contributed by atoms with Crippen LogP contribution < -0.4 is 0 Å². The molecular formula is C17H17NO4. The highest BCUT2D eigenvalue weighted by Gasteiger charge is 2.56. The smallest absolute Gasteiger partial charge is 0.331 e. The molecule has 22 heavy (non-hydrogen) atoms. The molecule has 2 atom stereocenters. The van der Waals surface area contributed by atoms with Gasteiger partial charge in [0.15, 0.2) is 5.54 Å². The normalized spacial score (nSPS) is 25.2. The first-order valence-corrected chi connectivity index (χ1v) is 7.11. The second-order valence-electron chi connectivity index (χ2n) is 5.49. The lowest BCUT2D eigenvalue weighted by atomic mass is 9.75. The van der Waals surface area contributed by atoms with Gasteiger partial charge in [0, 0.05) is 12.5 Å². The monoisotopic (exact) mass is 299 g/mol. The van der Waals surface area contributed by atoms with E-state index in [2.05, 4.69) is 0 Å². The van der Waals surface area contributed by atoms with Gasteiger partial charge in [0.2, 0.25) is 0 Å². The van der Waals surface area contributed by atoms with Crippen LogP contribution in [0.1, 0.15) is 23.5 Å². The summed E-state index contributed by atoms with van der Waals surface area (Å²) in [5, 5.41) is 30.6. The summed E-state index contributed by atoms with van der Waals surface area (Å²) in [6.07, 6.45) is 0.535. The molecule has 1 aliphatic rings. The molecule has 0 bridgehead atoms. The fourth-order valence-electron chi connectivity index (χ4n) is 3.36. The quantitative estimate of drug-likeness (QED) is 0.811. The third-order valence-electron chi connectivity index (χ3n) is 4.38. The Morgan fingerprint density at radius 2 is 1.73 bits per heavy atom. The number of aromatic hydroxyl groups is 1. The van der Waals surface area contributed by atoms with Crippen molar-refractivity contribution < 1.29 is 20.2 Å². The Hall–Kier alpha value is -2.37. The van der Waals surface area contributed by atoms with Crippen LogP contribution in [-0.2, 0) is 10.3 Å². The molecule has 1 aliphatic heterocycles. The van der Waals surface area contributed by atoms with E-state index < -0.39 is 11.5 Å². The summed E-state index contributed by atoms with van der Waals surface area (Å²) < 4.78 is 0. The van der Waals surface area contributed by atoms with E-state index in [4.69, 9.17) is 0 Å². The lowest BCUT2D eigenvalue weighted by Crippen LogP contribution is -2.49. The number of hydroxylamine groups is 2. The molecule has 0 aromatic heterocycles. The molecule has 2 aromatic carbocycles. The topological polar surface area (TPSA) is 81.0 Å². The predicted molar refractivity (Wildman–Crippen MR) is 79.7 cm³/mol. The van der Waals surface area contributed by atoms with Gasteiger partial charge in [-0.2, -0.15) is 5.06 Å². The molecule has 1 fully saturated rings. The van der Waals surface area contributed by atoms with E-state index in [1.807, 2.05) is 30.3 Å². The number of rotatable bonds is 3. The maximum Gasteiger partial charge on any atom is 0.331 e. The fraction of sp³-hybridized carbons (Fsp3) is 0.235. The summed E-state index contributed by atoms with van der Waals surface area (Å²) in [5.74, 6) is -1.42. The number of aliphatic carboxylic acids is 1. The van der Waals surface area contributed by atoms with Crippen molar-refractivity contribution in [3.63, 3.8) is 0 Å². The van der Waals surface area contributed by atoms with Crippen LogP contribution in [-0.4, -0.2) is 33.0 Å². The Morgan fingerprint density at radius 3 is 2.32 bits per heavy atom. The molecule has 0 radical (unpaired) electrons. The van der Waals surface area contributed by atoms with E-state index in [1.165, 1.54) is 12.1 Å². The number of carboxylic acid groups (broad SMARTS) is 1. The third-order valence-corrected chi connectivity index (χ3v) is 4.38. The van der Waals surface area contributed by atoms with E-state index >= 15 is 0 Å². The Bertz CT molecular complexity index is 671. The van der Waals surface area contributed by atoms with Crippen molar-refractivity contribution in [2.75, 3.05) is 6.54 Å². The van der Waals surface area contributed by atoms with Gasteiger partial charge in [-0.3, -0.25) is 0 Å². The van der Waals surface area contributed by atoms with Gasteiger partial charge >= 0.3 is 5.97 Å². The Balaban J connectivity index is 2.18. The van der Waals surface area contributed by atoms with Crippen molar-refractivity contribution in [3.8, 4) is 5.75 Å². The number of phenolic OH excluding ortho intramolecular Hbond substituents is 1. The van der Waals surface area contributed by atoms with E-state index in [1.54, 1.807) is 12.1 Å². The van der Waals surface area contributed by atoms with Crippen LogP contribution in [0.25, 0.3) is 0 Å². The van der Waals surface area contributed by atoms with E-state index in [0.717, 1.165) is 10.6 Å². The van der Waals surface area contributed by atoms with E-state index in [9.17, 15) is 20.2 Å². The first-order chi connectivity index (χ1) is 10.6. The SMILES string of the molecule is O=C(O)C1(c2ccc(O)cc2)C(c2ccccc2)CCN1O. The summed E-state index contributed by atoms with van der Waals surface area (Å²) in [4.78, 5) is 12.1. The minimum absolute atomic E-state index is 0.0584. The van der Waals surface area contributed by atoms with Gasteiger partial charge in [-0.15, -0.1) is 0 Å². The lowest BCUT2D eigenvalue weighted by molar-refractivity contribution is -0.189. The summed E-state index contributed by atoms with van der Waals surface area (Å²) in [6, 6.07) is 15.3. The molecule has 0 aliphatic carbocycles. The summed E-state index contributed by atoms with van der Waals surface area (Å²) in [7, 11) is 0. The highest BCUT2D eigenvalue weighted by molar-refractivity contribution is 5.83. The number of hydrogen-bond acceptors (Lipinski definition) is 4. The minimum Gasteiger partial charge on any atom is -0.508 e. The van der Waals surface area contributed by atoms with Gasteiger partial charge in [-0.1, -0.05) is 42.5 Å². The standard InChI is InChI=1S/C17H17NO4/c19-14-8-6-13(7-9-14)17(16(20)21)15(10-11-18(17)22)12-4-2-1-3-5-12/h1-9,15,19,22H,10-11H2,(H,20,21). The molecule has 114 valence electrons. The predicted octanol–water partition coefficient (Wildman–Crippen LogP) is 2.55. The number of phenols is 1. The highest BCUT2D eigenvalue weighted by Crippen LogP contribution is 2.48. The van der Waals surface area contributed by atoms with Gasteiger partial charge in [0.05, 0.1) is 0 Å². The van der Waals surface area contributed by atoms with Gasteiger partial charge < -0.3 is 15.4 Å². The molecule has 1 heterocycles. The highest BCUT2D eigenvalue weighted by atomic mass is 16.5. The number of carbonyl (C=O) groups is 1. The Kier molecular flexibility index (Phi) is 3.60. The second kappa shape index (κ2) is 5.44. The van der Waals surface area contributed by atoms with Crippen molar-refractivity contribution in [3.05, 3.63) is 65.7 Å². The molecule has 2 unspecified atom stereocenters. The second-order valence-corrected chi connectivity index (χ2v) is 5.49. The van der Waals surface area contributed by atoms with E-state index in [0.29, 0.717) is 12.0 Å². The molecule has 0 saturated carbocycles. The molecule has 3 rings (SSSR count). The summed E-state index contributed by atoms with van der Waals surface area (Å²) in [5.41, 5.74) is -0.226. The number of benzene rings is 2. The molecule has 1 saturated heterocycles. The largest absolute Gasteiger partial charge is 0.508 e. The minimum atomic E-state index is -1.55. The number of carboxylic acids is 1. The van der Waals surface area contributed by atoms with Crippen LogP contribution in [0.4, 0.5) is 0 Å². The van der Waals surface area contributed by atoms with Crippen LogP contribution >= 0.6 is 0 Å². The van der Waals surface area contributed by atoms with Crippen LogP contribution in [0.2, 0.25) is 0 Å². The maximum absolute atomic E-state index is 12.1. The molecule has 0 spiro atoms. The molecule has 2 aromatic rings. The Labute approximate surface area is 128 Å². The zero-order chi connectivity index (χ0) is 15.7.